The van der Waals surface area contributed by atoms with E-state index in [1.54, 1.807) is 23.8 Å². The molecule has 0 aliphatic carbocycles. The minimum Gasteiger partial charge on any atom is -0.423 e. The van der Waals surface area contributed by atoms with E-state index in [9.17, 15) is 23.1 Å². The smallest absolute Gasteiger partial charge is 0.423 e. The normalized spacial score (nSPS) is 19.0. The van der Waals surface area contributed by atoms with Gasteiger partial charge in [-0.05, 0) is 31.9 Å². The Kier molecular flexibility index (Phi) is 6.06. The van der Waals surface area contributed by atoms with E-state index in [4.69, 9.17) is 4.74 Å². The predicted octanol–water partition coefficient (Wildman–Crippen LogP) is 2.56. The molecule has 0 saturated heterocycles. The number of anilines is 3. The Morgan fingerprint density at radius 2 is 1.92 bits per heavy atom. The fourth-order valence-electron chi connectivity index (χ4n) is 4.19. The van der Waals surface area contributed by atoms with Crippen molar-refractivity contribution in [2.45, 2.75) is 38.0 Å². The van der Waals surface area contributed by atoms with Crippen LogP contribution in [0.5, 0.6) is 11.8 Å². The number of hydrogen-bond acceptors (Lipinski definition) is 10. The Hall–Kier alpha value is -4.07. The van der Waals surface area contributed by atoms with Crippen molar-refractivity contribution in [3.8, 4) is 11.8 Å². The number of ether oxygens (including phenoxy) is 1. The molecule has 0 saturated carbocycles. The quantitative estimate of drug-likeness (QED) is 0.504. The number of amides is 1. The zero-order valence-corrected chi connectivity index (χ0v) is 20.0. The molecule has 1 atom stereocenters. The number of aliphatic hydroxyl groups is 1. The summed E-state index contributed by atoms with van der Waals surface area (Å²) in [5.41, 5.74) is -0.0354. The summed E-state index contributed by atoms with van der Waals surface area (Å²) in [7, 11) is 1.73. The molecule has 2 aliphatic rings. The number of nitrogens with one attached hydrogen (secondary N) is 1. The molecule has 194 valence electrons. The van der Waals surface area contributed by atoms with E-state index in [0.29, 0.717) is 36.0 Å². The summed E-state index contributed by atoms with van der Waals surface area (Å²) in [6, 6.07) is 1.91. The van der Waals surface area contributed by atoms with Crippen molar-refractivity contribution in [1.29, 1.82) is 0 Å². The highest BCUT2D eigenvalue weighted by Gasteiger charge is 2.48. The molecule has 5 rings (SSSR count). The largest absolute Gasteiger partial charge is 0.433 e. The maximum Gasteiger partial charge on any atom is 0.433 e. The van der Waals surface area contributed by atoms with Gasteiger partial charge >= 0.3 is 12.2 Å². The third-order valence-corrected chi connectivity index (χ3v) is 6.44. The van der Waals surface area contributed by atoms with Crippen molar-refractivity contribution >= 4 is 23.4 Å². The van der Waals surface area contributed by atoms with Crippen LogP contribution in [-0.2, 0) is 23.9 Å². The third kappa shape index (κ3) is 4.48. The van der Waals surface area contributed by atoms with Gasteiger partial charge in [0, 0.05) is 38.1 Å². The Labute approximate surface area is 209 Å². The molecule has 3 aromatic heterocycles. The molecular weight excluding hydrogens is 493 g/mol. The monoisotopic (exact) mass is 516 g/mol. The number of nitrogens with zero attached hydrogens (tertiary/aromatic N) is 7. The van der Waals surface area contributed by atoms with Gasteiger partial charge in [0.25, 0.3) is 5.91 Å². The molecule has 2 N–H and O–H groups in total. The van der Waals surface area contributed by atoms with E-state index >= 15 is 0 Å². The number of aryl methyl sites for hydroxylation is 1. The van der Waals surface area contributed by atoms with Crippen LogP contribution >= 0.6 is 0 Å². The summed E-state index contributed by atoms with van der Waals surface area (Å²) in [5.74, 6) is 0.811. The number of aromatic nitrogens is 5. The van der Waals surface area contributed by atoms with Gasteiger partial charge in [0.1, 0.15) is 22.7 Å². The van der Waals surface area contributed by atoms with Crippen LogP contribution in [0, 0.1) is 0 Å². The van der Waals surface area contributed by atoms with E-state index in [1.807, 2.05) is 0 Å². The van der Waals surface area contributed by atoms with E-state index in [2.05, 4.69) is 30.2 Å². The second kappa shape index (κ2) is 9.10. The fourth-order valence-corrected chi connectivity index (χ4v) is 4.19. The zero-order valence-electron chi connectivity index (χ0n) is 20.0. The van der Waals surface area contributed by atoms with Crippen molar-refractivity contribution < 1.29 is 27.8 Å². The van der Waals surface area contributed by atoms with Gasteiger partial charge < -0.3 is 25.0 Å². The van der Waals surface area contributed by atoms with Gasteiger partial charge in [-0.1, -0.05) is 0 Å². The lowest BCUT2D eigenvalue weighted by molar-refractivity contribution is -0.141. The molecule has 14 heteroatoms. The minimum atomic E-state index is -4.53. The van der Waals surface area contributed by atoms with Crippen LogP contribution in [0.25, 0.3) is 0 Å². The molecule has 5 heterocycles. The molecular formula is C23H23F3N8O3. The van der Waals surface area contributed by atoms with E-state index in [0.717, 1.165) is 30.4 Å². The maximum absolute atomic E-state index is 13.0. The number of alkyl halides is 3. The van der Waals surface area contributed by atoms with Crippen molar-refractivity contribution in [3.63, 3.8) is 0 Å². The number of hydrogen-bond donors (Lipinski definition) is 2. The Morgan fingerprint density at radius 3 is 2.57 bits per heavy atom. The number of pyridine rings is 1. The summed E-state index contributed by atoms with van der Waals surface area (Å²) in [6.45, 7) is 2.16. The Balaban J connectivity index is 1.29. The van der Waals surface area contributed by atoms with E-state index in [-0.39, 0.29) is 30.8 Å². The van der Waals surface area contributed by atoms with Crippen LogP contribution < -0.4 is 19.9 Å². The van der Waals surface area contributed by atoms with Crippen molar-refractivity contribution in [2.75, 3.05) is 35.3 Å². The number of carbonyl (C=O) groups excluding carboxylic acids is 1. The molecule has 0 unspecified atom stereocenters. The summed E-state index contributed by atoms with van der Waals surface area (Å²) in [6.07, 6.45) is 0.878. The highest BCUT2D eigenvalue weighted by molar-refractivity contribution is 6.08. The van der Waals surface area contributed by atoms with Crippen LogP contribution in [0.2, 0.25) is 0 Å². The first kappa shape index (κ1) is 24.6. The first-order chi connectivity index (χ1) is 17.6. The second-order valence-electron chi connectivity index (χ2n) is 8.92. The van der Waals surface area contributed by atoms with Gasteiger partial charge in [0.15, 0.2) is 5.82 Å². The fraction of sp³-hybridized carbons (Fsp3) is 0.391. The number of halogens is 3. The van der Waals surface area contributed by atoms with E-state index < -0.39 is 17.4 Å². The van der Waals surface area contributed by atoms with Gasteiger partial charge in [0.05, 0.1) is 18.5 Å². The summed E-state index contributed by atoms with van der Waals surface area (Å²) in [5, 5.41) is 13.1. The number of likely N-dealkylation sites (N-methyl/N-ethyl adjacent to an activating group) is 1. The van der Waals surface area contributed by atoms with Gasteiger partial charge in [-0.25, -0.2) is 19.9 Å². The topological polar surface area (TPSA) is 129 Å². The van der Waals surface area contributed by atoms with Crippen LogP contribution in [-0.4, -0.2) is 61.7 Å². The predicted molar refractivity (Wildman–Crippen MR) is 125 cm³/mol. The lowest BCUT2D eigenvalue weighted by Gasteiger charge is -2.47. The highest BCUT2D eigenvalue weighted by atomic mass is 19.4. The lowest BCUT2D eigenvalue weighted by atomic mass is 9.93. The first-order valence-electron chi connectivity index (χ1n) is 11.4. The third-order valence-electron chi connectivity index (χ3n) is 6.44. The van der Waals surface area contributed by atoms with Gasteiger partial charge in [-0.15, -0.1) is 0 Å². The molecule has 37 heavy (non-hydrogen) atoms. The number of rotatable bonds is 6. The minimum absolute atomic E-state index is 0.0468. The standard InChI is InChI=1S/C23H23F3N8O3/c1-22(12-35)19(36)34-7-3-4-15-17(34)18(33(22)2)32-20(31-15)28-8-13-9-29-21(30-10-13)37-14-5-6-16(27-11-14)23(24,25)26/h5-6,9-11,35H,3-4,7-8,12H2,1-2H3,(H,28,31,32)/t22-/m0/s1. The van der Waals surface area contributed by atoms with Crippen LogP contribution in [0.3, 0.4) is 0 Å². The highest BCUT2D eigenvalue weighted by Crippen LogP contribution is 2.43. The van der Waals surface area contributed by atoms with Crippen molar-refractivity contribution in [2.24, 2.45) is 0 Å². The van der Waals surface area contributed by atoms with E-state index in [1.165, 1.54) is 12.4 Å². The second-order valence-corrected chi connectivity index (χ2v) is 8.92. The summed E-state index contributed by atoms with van der Waals surface area (Å²) < 4.78 is 43.3. The SMILES string of the molecule is CN1c2nc(NCc3cnc(Oc4ccc(C(F)(F)F)nc4)nc3)nc3c2N(CCC3)C(=O)[C@]1(C)CO. The van der Waals surface area contributed by atoms with Crippen LogP contribution in [0.15, 0.2) is 30.7 Å². The molecule has 11 nitrogen and oxygen atoms in total. The summed E-state index contributed by atoms with van der Waals surface area (Å²) in [4.78, 5) is 37.1. The molecule has 0 spiro atoms. The first-order valence-corrected chi connectivity index (χ1v) is 11.4. The maximum atomic E-state index is 13.0. The summed E-state index contributed by atoms with van der Waals surface area (Å²) >= 11 is 0. The molecule has 0 fully saturated rings. The molecule has 3 aromatic rings. The van der Waals surface area contributed by atoms with Crippen LogP contribution in [0.1, 0.15) is 30.3 Å². The zero-order chi connectivity index (χ0) is 26.4. The molecule has 1 amide bonds. The molecule has 0 bridgehead atoms. The molecule has 0 aromatic carbocycles. The van der Waals surface area contributed by atoms with Crippen LogP contribution in [0.4, 0.5) is 30.6 Å². The average Bonchev–Trinajstić information content (AvgIpc) is 2.89. The Bertz CT molecular complexity index is 1320. The van der Waals surface area contributed by atoms with Crippen molar-refractivity contribution in [1.82, 2.24) is 24.9 Å². The van der Waals surface area contributed by atoms with Crippen molar-refractivity contribution in [3.05, 3.63) is 47.7 Å². The average molecular weight is 516 g/mol. The van der Waals surface area contributed by atoms with Gasteiger partial charge in [-0.3, -0.25) is 4.79 Å². The van der Waals surface area contributed by atoms with Gasteiger partial charge in [0.2, 0.25) is 5.95 Å². The number of carbonyl (C=O) groups is 1. The lowest BCUT2D eigenvalue weighted by Crippen LogP contribution is -2.64. The van der Waals surface area contributed by atoms with Gasteiger partial charge in [-0.2, -0.15) is 18.2 Å². The Morgan fingerprint density at radius 1 is 1.16 bits per heavy atom. The molecule has 0 radical (unpaired) electrons. The number of aliphatic hydroxyl groups excluding tert-OH is 1. The molecule has 2 aliphatic heterocycles.